The Balaban J connectivity index is 3.05. The van der Waals surface area contributed by atoms with Gasteiger partial charge in [-0.15, -0.1) is 0 Å². The molecule has 1 N–H and O–H groups in total. The summed E-state index contributed by atoms with van der Waals surface area (Å²) in [4.78, 5) is 20.6. The second-order valence-electron chi connectivity index (χ2n) is 3.23. The summed E-state index contributed by atoms with van der Waals surface area (Å²) in [6.07, 6.45) is 0. The van der Waals surface area contributed by atoms with E-state index in [0.29, 0.717) is 5.82 Å². The Bertz CT molecular complexity index is 575. The summed E-state index contributed by atoms with van der Waals surface area (Å²) in [5, 5.41) is 2.12. The number of aromatic nitrogens is 2. The van der Waals surface area contributed by atoms with Gasteiger partial charge in [0.1, 0.15) is 5.82 Å². The maximum absolute atomic E-state index is 11.1. The van der Waals surface area contributed by atoms with Gasteiger partial charge in [0.2, 0.25) is 11.8 Å². The Morgan fingerprint density at radius 2 is 2.11 bits per heavy atom. The van der Waals surface area contributed by atoms with E-state index in [4.69, 9.17) is 4.74 Å². The summed E-state index contributed by atoms with van der Waals surface area (Å²) >= 11 is 0. The van der Waals surface area contributed by atoms with E-state index in [1.807, 2.05) is 0 Å². The highest BCUT2D eigenvalue weighted by Crippen LogP contribution is 2.17. The largest absolute Gasteiger partial charge is 0.481 e. The molecule has 0 atom stereocenters. The normalized spacial score (nSPS) is 9.50. The Morgan fingerprint density at radius 3 is 2.61 bits per heavy atom. The molecule has 18 heavy (non-hydrogen) atoms. The molecule has 0 spiro atoms. The van der Waals surface area contributed by atoms with Crippen molar-refractivity contribution in [2.24, 2.45) is 4.36 Å². The molecule has 98 valence electrons. The first kappa shape index (κ1) is 13.8. The third-order valence-electron chi connectivity index (χ3n) is 1.73. The van der Waals surface area contributed by atoms with Crippen LogP contribution in [-0.4, -0.2) is 45.6 Å². The van der Waals surface area contributed by atoms with E-state index >= 15 is 0 Å². The minimum Gasteiger partial charge on any atom is -0.481 e. The average Bonchev–Trinajstić information content (AvgIpc) is 2.27. The first-order chi connectivity index (χ1) is 8.42. The zero-order chi connectivity index (χ0) is 13.7. The van der Waals surface area contributed by atoms with Gasteiger partial charge in [-0.05, 0) is 0 Å². The van der Waals surface area contributed by atoms with E-state index in [9.17, 15) is 13.2 Å². The number of nitrogens with one attached hydrogen (secondary N) is 1. The zero-order valence-corrected chi connectivity index (χ0v) is 10.7. The van der Waals surface area contributed by atoms with Gasteiger partial charge in [0.25, 0.3) is 0 Å². The lowest BCUT2D eigenvalue weighted by Crippen LogP contribution is -2.15. The lowest BCUT2D eigenvalue weighted by molar-refractivity contribution is 0.259. The van der Waals surface area contributed by atoms with Gasteiger partial charge in [0.15, 0.2) is 0 Å². The monoisotopic (exact) mass is 273 g/mol. The molecule has 0 aromatic carbocycles. The first-order valence-corrected chi connectivity index (χ1v) is 5.68. The van der Waals surface area contributed by atoms with Crippen LogP contribution in [0, 0.1) is 0 Å². The van der Waals surface area contributed by atoms with E-state index < -0.39 is 16.5 Å². The summed E-state index contributed by atoms with van der Waals surface area (Å²) < 4.78 is 28.1. The smallest absolute Gasteiger partial charge is 0.362 e. The van der Waals surface area contributed by atoms with Crippen molar-refractivity contribution in [1.82, 2.24) is 9.97 Å². The van der Waals surface area contributed by atoms with E-state index in [1.54, 1.807) is 25.1 Å². The standard InChI is InChI=1S/C8H11N5O4S/c1-13(2)5-4-6(17-3)10-7(9-5)11-8(14)12-18(15)16/h4H,1-3H3,(H,9,10,11,14). The van der Waals surface area contributed by atoms with Crippen LogP contribution >= 0.6 is 0 Å². The molecule has 0 unspecified atom stereocenters. The van der Waals surface area contributed by atoms with E-state index in [2.05, 4.69) is 19.6 Å². The highest BCUT2D eigenvalue weighted by molar-refractivity contribution is 7.62. The summed E-state index contributed by atoms with van der Waals surface area (Å²) in [6, 6.07) is 0.472. The van der Waals surface area contributed by atoms with Gasteiger partial charge in [-0.3, -0.25) is 5.32 Å². The molecular weight excluding hydrogens is 262 g/mol. The van der Waals surface area contributed by atoms with Crippen LogP contribution in [-0.2, 0) is 10.5 Å². The molecule has 9 nitrogen and oxygen atoms in total. The van der Waals surface area contributed by atoms with Gasteiger partial charge in [-0.2, -0.15) is 18.4 Å². The Hall–Kier alpha value is -2.23. The number of methoxy groups -OCH3 is 1. The lowest BCUT2D eigenvalue weighted by atomic mass is 10.5. The average molecular weight is 273 g/mol. The molecule has 0 aliphatic heterocycles. The fraction of sp³-hybridized carbons (Fsp3) is 0.375. The quantitative estimate of drug-likeness (QED) is 0.833. The van der Waals surface area contributed by atoms with Crippen LogP contribution in [0.5, 0.6) is 5.88 Å². The van der Waals surface area contributed by atoms with E-state index in [0.717, 1.165) is 0 Å². The second-order valence-corrected chi connectivity index (χ2v) is 3.84. The van der Waals surface area contributed by atoms with Gasteiger partial charge in [0, 0.05) is 20.2 Å². The number of anilines is 2. The van der Waals surface area contributed by atoms with Crippen molar-refractivity contribution in [3.05, 3.63) is 6.07 Å². The Labute approximate surface area is 105 Å². The predicted octanol–water partition coefficient (Wildman–Crippen LogP) is 0.146. The number of rotatable bonds is 3. The number of carbonyl (C=O) groups is 1. The molecule has 0 bridgehead atoms. The fourth-order valence-corrected chi connectivity index (χ4v) is 1.17. The number of ether oxygens (including phenoxy) is 1. The van der Waals surface area contributed by atoms with Crippen LogP contribution in [0.15, 0.2) is 10.4 Å². The van der Waals surface area contributed by atoms with Crippen LogP contribution in [0.2, 0.25) is 0 Å². The SMILES string of the molecule is COc1cc(N(C)C)nc(NC(=O)N=S(=O)=O)n1. The molecule has 0 saturated heterocycles. The van der Waals surface area contributed by atoms with Gasteiger partial charge in [0.05, 0.1) is 7.11 Å². The maximum Gasteiger partial charge on any atom is 0.362 e. The van der Waals surface area contributed by atoms with Crippen molar-refractivity contribution >= 4 is 28.3 Å². The van der Waals surface area contributed by atoms with Crippen LogP contribution < -0.4 is 15.0 Å². The molecule has 0 fully saturated rings. The molecule has 0 radical (unpaired) electrons. The third-order valence-corrected chi connectivity index (χ3v) is 2.05. The minimum absolute atomic E-state index is 0.0998. The Morgan fingerprint density at radius 1 is 1.44 bits per heavy atom. The molecule has 0 saturated carbocycles. The minimum atomic E-state index is -2.82. The predicted molar refractivity (Wildman–Crippen MR) is 63.3 cm³/mol. The zero-order valence-electron chi connectivity index (χ0n) is 9.91. The molecule has 1 rings (SSSR count). The molecule has 0 aliphatic rings. The highest BCUT2D eigenvalue weighted by atomic mass is 32.2. The molecule has 1 aromatic rings. The van der Waals surface area contributed by atoms with Crippen LogP contribution in [0.25, 0.3) is 0 Å². The van der Waals surface area contributed by atoms with Crippen molar-refractivity contribution in [3.63, 3.8) is 0 Å². The number of urea groups is 1. The summed E-state index contributed by atoms with van der Waals surface area (Å²) in [5.74, 6) is 0.616. The summed E-state index contributed by atoms with van der Waals surface area (Å²) in [5.41, 5.74) is 0. The first-order valence-electron chi connectivity index (χ1n) is 4.65. The number of carbonyl (C=O) groups excluding carboxylic acids is 1. The number of nitrogens with zero attached hydrogens (tertiary/aromatic N) is 4. The van der Waals surface area contributed by atoms with Crippen molar-refractivity contribution in [2.75, 3.05) is 31.4 Å². The topological polar surface area (TPSA) is 114 Å². The Kier molecular flexibility index (Phi) is 4.54. The maximum atomic E-state index is 11.1. The number of amides is 2. The van der Waals surface area contributed by atoms with Crippen molar-refractivity contribution in [1.29, 1.82) is 0 Å². The number of hydrogen-bond donors (Lipinski definition) is 1. The highest BCUT2D eigenvalue weighted by Gasteiger charge is 2.09. The molecule has 10 heteroatoms. The molecular formula is C8H11N5O4S. The molecule has 2 amide bonds. The number of hydrogen-bond acceptors (Lipinski definition) is 7. The summed E-state index contributed by atoms with van der Waals surface area (Å²) in [7, 11) is 2.06. The van der Waals surface area contributed by atoms with E-state index in [-0.39, 0.29) is 11.8 Å². The summed E-state index contributed by atoms with van der Waals surface area (Å²) in [6.45, 7) is 0. The molecule has 1 heterocycles. The van der Waals surface area contributed by atoms with Gasteiger partial charge >= 0.3 is 16.5 Å². The second kappa shape index (κ2) is 5.91. The fourth-order valence-electron chi connectivity index (χ4n) is 0.989. The van der Waals surface area contributed by atoms with Crippen LogP contribution in [0.3, 0.4) is 0 Å². The molecule has 1 aromatic heterocycles. The van der Waals surface area contributed by atoms with Crippen molar-refractivity contribution in [2.45, 2.75) is 0 Å². The van der Waals surface area contributed by atoms with Gasteiger partial charge in [-0.1, -0.05) is 4.36 Å². The van der Waals surface area contributed by atoms with Gasteiger partial charge in [-0.25, -0.2) is 4.79 Å². The van der Waals surface area contributed by atoms with Crippen LogP contribution in [0.4, 0.5) is 16.6 Å². The van der Waals surface area contributed by atoms with Crippen molar-refractivity contribution < 1.29 is 17.9 Å². The van der Waals surface area contributed by atoms with Crippen molar-refractivity contribution in [3.8, 4) is 5.88 Å². The van der Waals surface area contributed by atoms with Crippen LogP contribution in [0.1, 0.15) is 0 Å². The van der Waals surface area contributed by atoms with E-state index in [1.165, 1.54) is 7.11 Å². The third kappa shape index (κ3) is 3.97. The molecule has 0 aliphatic carbocycles. The van der Waals surface area contributed by atoms with Gasteiger partial charge < -0.3 is 9.64 Å². The lowest BCUT2D eigenvalue weighted by Gasteiger charge is -2.13.